The molecule has 6 nitrogen and oxygen atoms in total. The zero-order valence-corrected chi connectivity index (χ0v) is 15.3. The van der Waals surface area contributed by atoms with Crippen molar-refractivity contribution in [2.24, 2.45) is 5.92 Å². The summed E-state index contributed by atoms with van der Waals surface area (Å²) in [6.45, 7) is 3.32. The summed E-state index contributed by atoms with van der Waals surface area (Å²) in [5.74, 6) is 0.650. The number of nitrogens with zero attached hydrogens (tertiary/aromatic N) is 1. The highest BCUT2D eigenvalue weighted by molar-refractivity contribution is 7.89. The monoisotopic (exact) mass is 374 g/mol. The SMILES string of the molecule is CN(C1CCNC1)S(=O)(=O)c1cc(Cl)ccc1OCC1CCOC1. The van der Waals surface area contributed by atoms with Crippen molar-refractivity contribution in [3.63, 3.8) is 0 Å². The fourth-order valence-corrected chi connectivity index (χ4v) is 4.80. The van der Waals surface area contributed by atoms with Gasteiger partial charge in [0, 0.05) is 37.2 Å². The second-order valence-corrected chi connectivity index (χ2v) is 8.70. The number of nitrogens with one attached hydrogen (secondary N) is 1. The van der Waals surface area contributed by atoms with Crippen molar-refractivity contribution in [3.8, 4) is 5.75 Å². The number of halogens is 1. The molecule has 1 aromatic rings. The quantitative estimate of drug-likeness (QED) is 0.821. The molecule has 2 atom stereocenters. The van der Waals surface area contributed by atoms with Crippen LogP contribution < -0.4 is 10.1 Å². The van der Waals surface area contributed by atoms with Crippen LogP contribution in [0.4, 0.5) is 0 Å². The Kier molecular flexibility index (Phi) is 5.66. The van der Waals surface area contributed by atoms with Crippen LogP contribution in [0.15, 0.2) is 23.1 Å². The number of hydrogen-bond acceptors (Lipinski definition) is 5. The van der Waals surface area contributed by atoms with E-state index in [0.29, 0.717) is 36.4 Å². The lowest BCUT2D eigenvalue weighted by Crippen LogP contribution is -2.38. The Morgan fingerprint density at radius 1 is 1.42 bits per heavy atom. The summed E-state index contributed by atoms with van der Waals surface area (Å²) in [7, 11) is -2.06. The van der Waals surface area contributed by atoms with E-state index in [2.05, 4.69) is 5.32 Å². The molecular weight excluding hydrogens is 352 g/mol. The fraction of sp³-hybridized carbons (Fsp3) is 0.625. The Bertz CT molecular complexity index is 671. The number of ether oxygens (including phenoxy) is 2. The number of benzene rings is 1. The molecule has 8 heteroatoms. The third-order valence-corrected chi connectivity index (χ3v) is 6.78. The number of hydrogen-bond donors (Lipinski definition) is 1. The van der Waals surface area contributed by atoms with E-state index >= 15 is 0 Å². The van der Waals surface area contributed by atoms with Gasteiger partial charge in [0.1, 0.15) is 10.6 Å². The van der Waals surface area contributed by atoms with Crippen molar-refractivity contribution in [1.29, 1.82) is 0 Å². The van der Waals surface area contributed by atoms with E-state index in [4.69, 9.17) is 21.1 Å². The molecule has 0 amide bonds. The maximum absolute atomic E-state index is 13.0. The largest absolute Gasteiger partial charge is 0.492 e. The van der Waals surface area contributed by atoms with Crippen LogP contribution in [0.3, 0.4) is 0 Å². The minimum absolute atomic E-state index is 0.0509. The topological polar surface area (TPSA) is 67.9 Å². The van der Waals surface area contributed by atoms with Gasteiger partial charge in [0.25, 0.3) is 0 Å². The van der Waals surface area contributed by atoms with Gasteiger partial charge < -0.3 is 14.8 Å². The zero-order valence-electron chi connectivity index (χ0n) is 13.7. The van der Waals surface area contributed by atoms with Crippen molar-refractivity contribution in [1.82, 2.24) is 9.62 Å². The van der Waals surface area contributed by atoms with Gasteiger partial charge in [-0.15, -0.1) is 0 Å². The summed E-state index contributed by atoms with van der Waals surface area (Å²) in [6.07, 6.45) is 1.73. The summed E-state index contributed by atoms with van der Waals surface area (Å²) >= 11 is 6.04. The van der Waals surface area contributed by atoms with Crippen molar-refractivity contribution in [2.75, 3.05) is 40.0 Å². The third kappa shape index (κ3) is 3.86. The molecule has 134 valence electrons. The molecule has 0 radical (unpaired) electrons. The summed E-state index contributed by atoms with van der Waals surface area (Å²) < 4.78 is 38.6. The van der Waals surface area contributed by atoms with Crippen molar-refractivity contribution < 1.29 is 17.9 Å². The first-order valence-corrected chi connectivity index (χ1v) is 9.99. The standard InChI is InChI=1S/C16H23ClN2O4S/c1-19(14-4-6-18-9-14)24(20,21)16-8-13(17)2-3-15(16)23-11-12-5-7-22-10-12/h2-3,8,12,14,18H,4-7,9-11H2,1H3. The van der Waals surface area contributed by atoms with Crippen LogP contribution >= 0.6 is 11.6 Å². The first-order chi connectivity index (χ1) is 11.5. The lowest BCUT2D eigenvalue weighted by atomic mass is 10.1. The van der Waals surface area contributed by atoms with Gasteiger partial charge >= 0.3 is 0 Å². The van der Waals surface area contributed by atoms with E-state index in [9.17, 15) is 8.42 Å². The summed E-state index contributed by atoms with van der Waals surface area (Å²) in [4.78, 5) is 0.128. The zero-order chi connectivity index (χ0) is 17.2. The molecule has 24 heavy (non-hydrogen) atoms. The summed E-state index contributed by atoms with van der Waals surface area (Å²) in [5, 5.41) is 3.57. The predicted molar refractivity (Wildman–Crippen MR) is 92.1 cm³/mol. The van der Waals surface area contributed by atoms with Crippen molar-refractivity contribution >= 4 is 21.6 Å². The highest BCUT2D eigenvalue weighted by atomic mass is 35.5. The first kappa shape index (κ1) is 17.9. The van der Waals surface area contributed by atoms with Crippen LogP contribution in [0.25, 0.3) is 0 Å². The number of likely N-dealkylation sites (N-methyl/N-ethyl adjacent to an activating group) is 1. The van der Waals surface area contributed by atoms with Crippen LogP contribution in [-0.2, 0) is 14.8 Å². The van der Waals surface area contributed by atoms with Gasteiger partial charge in [-0.3, -0.25) is 0 Å². The molecule has 2 aliphatic rings. The molecular formula is C16H23ClN2O4S. The predicted octanol–water partition coefficient (Wildman–Crippen LogP) is 1.74. The molecule has 2 unspecified atom stereocenters. The lowest BCUT2D eigenvalue weighted by molar-refractivity contribution is 0.166. The summed E-state index contributed by atoms with van der Waals surface area (Å²) in [6, 6.07) is 4.70. The molecule has 1 aromatic carbocycles. The van der Waals surface area contributed by atoms with Crippen LogP contribution in [0.1, 0.15) is 12.8 Å². The van der Waals surface area contributed by atoms with E-state index in [-0.39, 0.29) is 10.9 Å². The average Bonchev–Trinajstić information content (AvgIpc) is 3.26. The maximum atomic E-state index is 13.0. The van der Waals surface area contributed by atoms with Crippen LogP contribution in [-0.4, -0.2) is 58.7 Å². The van der Waals surface area contributed by atoms with Crippen molar-refractivity contribution in [2.45, 2.75) is 23.8 Å². The summed E-state index contributed by atoms with van der Waals surface area (Å²) in [5.41, 5.74) is 0. The normalized spacial score (nSPS) is 24.6. The van der Waals surface area contributed by atoms with Crippen LogP contribution in [0, 0.1) is 5.92 Å². The Morgan fingerprint density at radius 2 is 2.25 bits per heavy atom. The van der Waals surface area contributed by atoms with Gasteiger partial charge in [-0.2, -0.15) is 4.31 Å². The minimum Gasteiger partial charge on any atom is -0.492 e. The van der Waals surface area contributed by atoms with Gasteiger partial charge in [-0.25, -0.2) is 8.42 Å². The molecule has 0 spiro atoms. The molecule has 2 heterocycles. The van der Waals surface area contributed by atoms with Crippen LogP contribution in [0.5, 0.6) is 5.75 Å². The smallest absolute Gasteiger partial charge is 0.246 e. The van der Waals surface area contributed by atoms with Gasteiger partial charge in [-0.1, -0.05) is 11.6 Å². The first-order valence-electron chi connectivity index (χ1n) is 8.17. The molecule has 0 saturated carbocycles. The highest BCUT2D eigenvalue weighted by Crippen LogP contribution is 2.31. The van der Waals surface area contributed by atoms with Crippen molar-refractivity contribution in [3.05, 3.63) is 23.2 Å². The number of sulfonamides is 1. The third-order valence-electron chi connectivity index (χ3n) is 4.61. The second kappa shape index (κ2) is 7.58. The van der Waals surface area contributed by atoms with Gasteiger partial charge in [0.2, 0.25) is 10.0 Å². The molecule has 0 aromatic heterocycles. The average molecular weight is 375 g/mol. The minimum atomic E-state index is -3.67. The Morgan fingerprint density at radius 3 is 2.92 bits per heavy atom. The van der Waals surface area contributed by atoms with E-state index < -0.39 is 10.0 Å². The second-order valence-electron chi connectivity index (χ2n) is 6.30. The molecule has 2 fully saturated rings. The van der Waals surface area contributed by atoms with Crippen LogP contribution in [0.2, 0.25) is 5.02 Å². The van der Waals surface area contributed by atoms with E-state index in [1.54, 1.807) is 19.2 Å². The molecule has 2 aliphatic heterocycles. The maximum Gasteiger partial charge on any atom is 0.246 e. The fourth-order valence-electron chi connectivity index (χ4n) is 3.03. The van der Waals surface area contributed by atoms with E-state index in [1.165, 1.54) is 10.4 Å². The molecule has 0 aliphatic carbocycles. The molecule has 3 rings (SSSR count). The molecule has 2 saturated heterocycles. The van der Waals surface area contributed by atoms with E-state index in [0.717, 1.165) is 26.0 Å². The highest BCUT2D eigenvalue weighted by Gasteiger charge is 2.32. The van der Waals surface area contributed by atoms with E-state index in [1.807, 2.05) is 0 Å². The molecule has 0 bridgehead atoms. The Balaban J connectivity index is 1.82. The van der Waals surface area contributed by atoms with Gasteiger partial charge in [0.15, 0.2) is 0 Å². The van der Waals surface area contributed by atoms with Gasteiger partial charge in [-0.05, 0) is 37.6 Å². The molecule has 1 N–H and O–H groups in total. The number of rotatable bonds is 6. The Hall–Kier alpha value is -0.860. The van der Waals surface area contributed by atoms with Gasteiger partial charge in [0.05, 0.1) is 13.2 Å². The Labute approximate surface area is 148 Å². The lowest BCUT2D eigenvalue weighted by Gasteiger charge is -2.24.